The van der Waals surface area contributed by atoms with Gasteiger partial charge in [0.05, 0.1) is 10.5 Å². The molecule has 0 saturated carbocycles. The Kier molecular flexibility index (Phi) is 5.08. The van der Waals surface area contributed by atoms with E-state index < -0.39 is 34.4 Å². The van der Waals surface area contributed by atoms with E-state index in [1.807, 2.05) is 12.1 Å². The van der Waals surface area contributed by atoms with Crippen LogP contribution < -0.4 is 5.32 Å². The molecule has 0 aliphatic carbocycles. The number of nitro groups is 1. The molecule has 0 aliphatic heterocycles. The van der Waals surface area contributed by atoms with Crippen LogP contribution in [0.5, 0.6) is 0 Å². The number of aryl methyl sites for hydroxylation is 1. The van der Waals surface area contributed by atoms with E-state index in [4.69, 9.17) is 4.74 Å². The third-order valence-electron chi connectivity index (χ3n) is 4.18. The predicted octanol–water partition coefficient (Wildman–Crippen LogP) is 3.41. The fourth-order valence-electron chi connectivity index (χ4n) is 2.76. The molecule has 0 bridgehead atoms. The van der Waals surface area contributed by atoms with Crippen LogP contribution in [0.3, 0.4) is 0 Å². The summed E-state index contributed by atoms with van der Waals surface area (Å²) in [6.07, 6.45) is 0.441. The first kappa shape index (κ1) is 19.0. The molecule has 0 radical (unpaired) electrons. The van der Waals surface area contributed by atoms with Gasteiger partial charge in [-0.15, -0.1) is 0 Å². The van der Waals surface area contributed by atoms with Crippen molar-refractivity contribution in [1.82, 2.24) is 4.57 Å². The Morgan fingerprint density at radius 2 is 1.96 bits per heavy atom. The van der Waals surface area contributed by atoms with Crippen LogP contribution >= 0.6 is 0 Å². The van der Waals surface area contributed by atoms with Gasteiger partial charge in [0.25, 0.3) is 5.91 Å². The zero-order chi connectivity index (χ0) is 20.4. The average Bonchev–Trinajstić information content (AvgIpc) is 3.00. The van der Waals surface area contributed by atoms with Gasteiger partial charge in [0.2, 0.25) is 5.82 Å². The second-order valence-corrected chi connectivity index (χ2v) is 6.13. The van der Waals surface area contributed by atoms with Gasteiger partial charge in [-0.25, -0.2) is 4.79 Å². The number of amides is 1. The van der Waals surface area contributed by atoms with Crippen molar-refractivity contribution in [3.05, 3.63) is 70.2 Å². The molecule has 144 valence electrons. The molecule has 28 heavy (non-hydrogen) atoms. The maximum Gasteiger partial charge on any atom is 0.341 e. The van der Waals surface area contributed by atoms with E-state index >= 15 is 0 Å². The lowest BCUT2D eigenvalue weighted by molar-refractivity contribution is -0.387. The number of carbonyl (C=O) groups is 2. The van der Waals surface area contributed by atoms with Gasteiger partial charge in [0.1, 0.15) is 0 Å². The highest BCUT2D eigenvalue weighted by atomic mass is 19.1. The minimum absolute atomic E-state index is 0.0196. The SMILES string of the molecule is C[C@H](OC(=O)c1cn(C)c2ccccc12)C(=O)Nc1ccc(F)c([N+](=O)[O-])c1. The monoisotopic (exact) mass is 385 g/mol. The second-order valence-electron chi connectivity index (χ2n) is 6.13. The first-order chi connectivity index (χ1) is 13.3. The zero-order valence-electron chi connectivity index (χ0n) is 15.0. The van der Waals surface area contributed by atoms with Crippen molar-refractivity contribution in [3.63, 3.8) is 0 Å². The molecule has 9 heteroatoms. The molecule has 3 rings (SSSR count). The highest BCUT2D eigenvalue weighted by Crippen LogP contribution is 2.23. The fraction of sp³-hybridized carbons (Fsp3) is 0.158. The molecule has 0 unspecified atom stereocenters. The van der Waals surface area contributed by atoms with E-state index in [0.29, 0.717) is 10.9 Å². The molecule has 1 N–H and O–H groups in total. The summed E-state index contributed by atoms with van der Waals surface area (Å²) in [5, 5.41) is 13.8. The normalized spacial score (nSPS) is 11.8. The Morgan fingerprint density at radius 3 is 2.68 bits per heavy atom. The summed E-state index contributed by atoms with van der Waals surface area (Å²) in [5.41, 5.74) is 0.407. The molecule has 0 spiro atoms. The molecule has 0 fully saturated rings. The predicted molar refractivity (Wildman–Crippen MR) is 99.5 cm³/mol. The number of anilines is 1. The number of nitrogens with one attached hydrogen (secondary N) is 1. The third kappa shape index (κ3) is 3.68. The lowest BCUT2D eigenvalue weighted by Crippen LogP contribution is -2.30. The van der Waals surface area contributed by atoms with Crippen molar-refractivity contribution in [3.8, 4) is 0 Å². The van der Waals surface area contributed by atoms with E-state index in [-0.39, 0.29) is 5.69 Å². The largest absolute Gasteiger partial charge is 0.449 e. The molecule has 0 aliphatic rings. The number of hydrogen-bond acceptors (Lipinski definition) is 5. The molecule has 1 heterocycles. The summed E-state index contributed by atoms with van der Waals surface area (Å²) in [4.78, 5) is 34.6. The molecule has 1 amide bonds. The van der Waals surface area contributed by atoms with Crippen LogP contribution in [-0.4, -0.2) is 27.5 Å². The quantitative estimate of drug-likeness (QED) is 0.412. The smallest absolute Gasteiger partial charge is 0.341 e. The number of nitro benzene ring substituents is 1. The van der Waals surface area contributed by atoms with Crippen LogP contribution in [0, 0.1) is 15.9 Å². The van der Waals surface area contributed by atoms with Crippen LogP contribution in [0.15, 0.2) is 48.7 Å². The number of aromatic nitrogens is 1. The number of rotatable bonds is 5. The van der Waals surface area contributed by atoms with Gasteiger partial charge in [-0.2, -0.15) is 4.39 Å². The summed E-state index contributed by atoms with van der Waals surface area (Å²) in [6, 6.07) is 10.2. The maximum atomic E-state index is 13.4. The average molecular weight is 385 g/mol. The Balaban J connectivity index is 1.73. The minimum Gasteiger partial charge on any atom is -0.449 e. The van der Waals surface area contributed by atoms with Crippen molar-refractivity contribution >= 4 is 34.2 Å². The first-order valence-corrected chi connectivity index (χ1v) is 8.27. The molecule has 1 aromatic heterocycles. The van der Waals surface area contributed by atoms with Gasteiger partial charge in [-0.1, -0.05) is 18.2 Å². The number of nitrogens with zero attached hydrogens (tertiary/aromatic N) is 2. The third-order valence-corrected chi connectivity index (χ3v) is 4.18. The zero-order valence-corrected chi connectivity index (χ0v) is 15.0. The van der Waals surface area contributed by atoms with Gasteiger partial charge in [-0.05, 0) is 25.1 Å². The highest BCUT2D eigenvalue weighted by molar-refractivity contribution is 6.05. The molecule has 0 saturated heterocycles. The number of esters is 1. The number of ether oxygens (including phenoxy) is 1. The van der Waals surface area contributed by atoms with E-state index in [9.17, 15) is 24.1 Å². The molecular formula is C19H16FN3O5. The van der Waals surface area contributed by atoms with Crippen LogP contribution in [0.25, 0.3) is 10.9 Å². The van der Waals surface area contributed by atoms with Crippen molar-refractivity contribution in [2.24, 2.45) is 7.05 Å². The van der Waals surface area contributed by atoms with Crippen LogP contribution in [-0.2, 0) is 16.6 Å². The number of halogens is 1. The number of para-hydroxylation sites is 1. The second kappa shape index (κ2) is 7.47. The van der Waals surface area contributed by atoms with Crippen molar-refractivity contribution < 1.29 is 23.6 Å². The Bertz CT molecular complexity index is 1090. The summed E-state index contributed by atoms with van der Waals surface area (Å²) in [6.45, 7) is 1.37. The summed E-state index contributed by atoms with van der Waals surface area (Å²) >= 11 is 0. The summed E-state index contributed by atoms with van der Waals surface area (Å²) < 4.78 is 20.4. The number of hydrogen-bond donors (Lipinski definition) is 1. The van der Waals surface area contributed by atoms with Crippen molar-refractivity contribution in [1.29, 1.82) is 0 Å². The molecule has 1 atom stereocenters. The lowest BCUT2D eigenvalue weighted by atomic mass is 10.2. The highest BCUT2D eigenvalue weighted by Gasteiger charge is 2.23. The number of fused-ring (bicyclic) bond motifs is 1. The maximum absolute atomic E-state index is 13.4. The number of benzene rings is 2. The Hall–Kier alpha value is -3.75. The van der Waals surface area contributed by atoms with Crippen molar-refractivity contribution in [2.75, 3.05) is 5.32 Å². The van der Waals surface area contributed by atoms with Gasteiger partial charge >= 0.3 is 11.7 Å². The Labute approximate surface area is 158 Å². The van der Waals surface area contributed by atoms with E-state index in [2.05, 4.69) is 5.32 Å². The van der Waals surface area contributed by atoms with Crippen LogP contribution in [0.2, 0.25) is 0 Å². The Morgan fingerprint density at radius 1 is 1.25 bits per heavy atom. The van der Waals surface area contributed by atoms with Gasteiger partial charge in [0.15, 0.2) is 6.10 Å². The van der Waals surface area contributed by atoms with Gasteiger partial charge < -0.3 is 14.6 Å². The summed E-state index contributed by atoms with van der Waals surface area (Å²) in [7, 11) is 1.79. The van der Waals surface area contributed by atoms with E-state index in [1.54, 1.807) is 29.9 Å². The van der Waals surface area contributed by atoms with Crippen LogP contribution in [0.1, 0.15) is 17.3 Å². The van der Waals surface area contributed by atoms with Gasteiger partial charge in [0, 0.05) is 35.9 Å². The lowest BCUT2D eigenvalue weighted by Gasteiger charge is -2.13. The molecule has 3 aromatic rings. The van der Waals surface area contributed by atoms with Crippen LogP contribution in [0.4, 0.5) is 15.8 Å². The molecule has 2 aromatic carbocycles. The standard InChI is InChI=1S/C19H16FN3O5/c1-11(18(24)21-12-7-8-15(20)17(9-12)23(26)27)28-19(25)14-10-22(2)16-6-4-3-5-13(14)16/h3-11H,1-2H3,(H,21,24)/t11-/m0/s1. The van der Waals surface area contributed by atoms with E-state index in [0.717, 1.165) is 17.6 Å². The molecule has 8 nitrogen and oxygen atoms in total. The molecular weight excluding hydrogens is 369 g/mol. The van der Waals surface area contributed by atoms with Gasteiger partial charge in [-0.3, -0.25) is 14.9 Å². The topological polar surface area (TPSA) is 103 Å². The fourth-order valence-corrected chi connectivity index (χ4v) is 2.76. The first-order valence-electron chi connectivity index (χ1n) is 8.27. The number of carbonyl (C=O) groups excluding carboxylic acids is 2. The van der Waals surface area contributed by atoms with Crippen molar-refractivity contribution in [2.45, 2.75) is 13.0 Å². The minimum atomic E-state index is -1.17. The van der Waals surface area contributed by atoms with E-state index in [1.165, 1.54) is 13.0 Å². The summed E-state index contributed by atoms with van der Waals surface area (Å²) in [5.74, 6) is -2.39.